The Morgan fingerprint density at radius 2 is 2.12 bits per heavy atom. The first-order chi connectivity index (χ1) is 12.0. The third-order valence-corrected chi connectivity index (χ3v) is 5.70. The molecule has 1 amide bonds. The number of ether oxygens (including phenoxy) is 1. The van der Waals surface area contributed by atoms with E-state index in [9.17, 15) is 9.59 Å². The zero-order valence-corrected chi connectivity index (χ0v) is 16.3. The van der Waals surface area contributed by atoms with Gasteiger partial charge in [0.2, 0.25) is 0 Å². The van der Waals surface area contributed by atoms with Gasteiger partial charge in [-0.3, -0.25) is 9.59 Å². The zero-order chi connectivity index (χ0) is 18.1. The summed E-state index contributed by atoms with van der Waals surface area (Å²) in [6, 6.07) is 8.04. The molecular formula is C18H24N2O3S2. The van der Waals surface area contributed by atoms with Crippen LogP contribution in [-0.2, 0) is 14.3 Å². The summed E-state index contributed by atoms with van der Waals surface area (Å²) >= 11 is 3.31. The highest BCUT2D eigenvalue weighted by Gasteiger charge is 2.08. The molecule has 0 saturated carbocycles. The molecule has 0 fully saturated rings. The van der Waals surface area contributed by atoms with Gasteiger partial charge >= 0.3 is 5.97 Å². The minimum Gasteiger partial charge on any atom is -0.456 e. The van der Waals surface area contributed by atoms with Gasteiger partial charge in [-0.1, -0.05) is 37.7 Å². The Kier molecular flexibility index (Phi) is 8.21. The molecule has 1 aromatic carbocycles. The molecule has 1 aromatic heterocycles. The number of nitrogens with zero attached hydrogens (tertiary/aromatic N) is 1. The van der Waals surface area contributed by atoms with Crippen LogP contribution in [0, 0.1) is 5.92 Å². The van der Waals surface area contributed by atoms with Crippen molar-refractivity contribution in [3.63, 3.8) is 0 Å². The molecule has 0 unspecified atom stereocenters. The van der Waals surface area contributed by atoms with Crippen LogP contribution in [0.5, 0.6) is 0 Å². The molecule has 0 spiro atoms. The van der Waals surface area contributed by atoms with Crippen molar-refractivity contribution in [3.05, 3.63) is 24.3 Å². The highest BCUT2D eigenvalue weighted by atomic mass is 32.2. The number of nitrogens with one attached hydrogen (secondary N) is 1. The Morgan fingerprint density at radius 3 is 2.88 bits per heavy atom. The zero-order valence-electron chi connectivity index (χ0n) is 14.6. The number of carbonyl (C=O) groups excluding carboxylic acids is 2. The van der Waals surface area contributed by atoms with Crippen molar-refractivity contribution in [2.24, 2.45) is 5.92 Å². The van der Waals surface area contributed by atoms with E-state index in [0.29, 0.717) is 25.3 Å². The van der Waals surface area contributed by atoms with Gasteiger partial charge in [-0.25, -0.2) is 4.98 Å². The van der Waals surface area contributed by atoms with Gasteiger partial charge in [-0.15, -0.1) is 11.3 Å². The normalized spacial score (nSPS) is 11.0. The molecule has 136 valence electrons. The van der Waals surface area contributed by atoms with Crippen molar-refractivity contribution in [2.75, 3.05) is 18.9 Å². The molecule has 0 bridgehead atoms. The third kappa shape index (κ3) is 7.44. The summed E-state index contributed by atoms with van der Waals surface area (Å²) in [6.45, 7) is 4.62. The van der Waals surface area contributed by atoms with E-state index in [4.69, 9.17) is 4.74 Å². The van der Waals surface area contributed by atoms with Crippen LogP contribution in [0.3, 0.4) is 0 Å². The number of rotatable bonds is 10. The predicted octanol–water partition coefficient (Wildman–Crippen LogP) is 3.87. The number of esters is 1. The summed E-state index contributed by atoms with van der Waals surface area (Å²) in [5.74, 6) is 0.771. The van der Waals surface area contributed by atoms with E-state index in [1.165, 1.54) is 4.70 Å². The summed E-state index contributed by atoms with van der Waals surface area (Å²) < 4.78 is 7.18. The lowest BCUT2D eigenvalue weighted by molar-refractivity contribution is -0.148. The van der Waals surface area contributed by atoms with Crippen molar-refractivity contribution in [3.8, 4) is 0 Å². The number of amides is 1. The molecule has 25 heavy (non-hydrogen) atoms. The molecular weight excluding hydrogens is 356 g/mol. The van der Waals surface area contributed by atoms with E-state index in [-0.39, 0.29) is 18.5 Å². The van der Waals surface area contributed by atoms with Crippen LogP contribution in [0.1, 0.15) is 33.1 Å². The molecule has 0 aliphatic heterocycles. The van der Waals surface area contributed by atoms with Gasteiger partial charge in [0.1, 0.15) is 0 Å². The van der Waals surface area contributed by atoms with E-state index in [0.717, 1.165) is 22.0 Å². The van der Waals surface area contributed by atoms with Crippen molar-refractivity contribution < 1.29 is 14.3 Å². The van der Waals surface area contributed by atoms with Gasteiger partial charge in [-0.2, -0.15) is 0 Å². The third-order valence-electron chi connectivity index (χ3n) is 3.43. The van der Waals surface area contributed by atoms with Crippen LogP contribution < -0.4 is 5.32 Å². The number of hydrogen-bond donors (Lipinski definition) is 1. The van der Waals surface area contributed by atoms with E-state index < -0.39 is 0 Å². The molecule has 2 aromatic rings. The predicted molar refractivity (Wildman–Crippen MR) is 103 cm³/mol. The van der Waals surface area contributed by atoms with Gasteiger partial charge in [-0.05, 0) is 30.9 Å². The number of benzene rings is 1. The summed E-state index contributed by atoms with van der Waals surface area (Å²) in [7, 11) is 0. The molecule has 5 nitrogen and oxygen atoms in total. The maximum absolute atomic E-state index is 11.7. The highest BCUT2D eigenvalue weighted by molar-refractivity contribution is 8.01. The number of thioether (sulfide) groups is 1. The topological polar surface area (TPSA) is 68.3 Å². The fourth-order valence-corrected chi connectivity index (χ4v) is 4.14. The molecule has 2 rings (SSSR count). The quantitative estimate of drug-likeness (QED) is 0.385. The van der Waals surface area contributed by atoms with E-state index in [1.54, 1.807) is 23.1 Å². The van der Waals surface area contributed by atoms with Crippen LogP contribution in [-0.4, -0.2) is 35.8 Å². The van der Waals surface area contributed by atoms with Crippen molar-refractivity contribution in [1.29, 1.82) is 0 Å². The Morgan fingerprint density at radius 1 is 1.32 bits per heavy atom. The Balaban J connectivity index is 1.56. The molecule has 1 heterocycles. The monoisotopic (exact) mass is 380 g/mol. The SMILES string of the molecule is CC(C)CCNC(=O)COC(=O)CCCSc1nc2ccccc2s1. The largest absolute Gasteiger partial charge is 0.456 e. The van der Waals surface area contributed by atoms with Gasteiger partial charge in [0.05, 0.1) is 10.2 Å². The van der Waals surface area contributed by atoms with E-state index in [1.807, 2.05) is 18.2 Å². The van der Waals surface area contributed by atoms with Gasteiger partial charge < -0.3 is 10.1 Å². The molecule has 0 aliphatic carbocycles. The summed E-state index contributed by atoms with van der Waals surface area (Å²) in [4.78, 5) is 27.7. The summed E-state index contributed by atoms with van der Waals surface area (Å²) in [5, 5.41) is 2.74. The standard InChI is InChI=1S/C18H24N2O3S2/c1-13(2)9-10-19-16(21)12-23-17(22)8-5-11-24-18-20-14-6-3-4-7-15(14)25-18/h3-4,6-7,13H,5,8-12H2,1-2H3,(H,19,21). The maximum Gasteiger partial charge on any atom is 0.306 e. The lowest BCUT2D eigenvalue weighted by Crippen LogP contribution is -2.30. The van der Waals surface area contributed by atoms with Gasteiger partial charge in [0.25, 0.3) is 5.91 Å². The van der Waals surface area contributed by atoms with Gasteiger partial charge in [0, 0.05) is 18.7 Å². The van der Waals surface area contributed by atoms with Crippen LogP contribution in [0.25, 0.3) is 10.2 Å². The number of aromatic nitrogens is 1. The second kappa shape index (κ2) is 10.4. The van der Waals surface area contributed by atoms with Crippen LogP contribution in [0.2, 0.25) is 0 Å². The average Bonchev–Trinajstić information content (AvgIpc) is 2.99. The number of hydrogen-bond acceptors (Lipinski definition) is 6. The van der Waals surface area contributed by atoms with Crippen molar-refractivity contribution >= 4 is 45.2 Å². The van der Waals surface area contributed by atoms with E-state index in [2.05, 4.69) is 30.2 Å². The molecule has 1 N–H and O–H groups in total. The van der Waals surface area contributed by atoms with Crippen molar-refractivity contribution in [2.45, 2.75) is 37.4 Å². The maximum atomic E-state index is 11.7. The number of fused-ring (bicyclic) bond motifs is 1. The second-order valence-corrected chi connectivity index (χ2v) is 8.47. The van der Waals surface area contributed by atoms with Crippen LogP contribution in [0.15, 0.2) is 28.6 Å². The summed E-state index contributed by atoms with van der Waals surface area (Å²) in [6.07, 6.45) is 1.94. The van der Waals surface area contributed by atoms with Crippen LogP contribution in [0.4, 0.5) is 0 Å². The molecule has 0 saturated heterocycles. The number of carbonyl (C=O) groups is 2. The molecule has 0 aliphatic rings. The first-order valence-corrected chi connectivity index (χ1v) is 10.3. The molecule has 7 heteroatoms. The smallest absolute Gasteiger partial charge is 0.306 e. The minimum absolute atomic E-state index is 0.193. The molecule has 0 radical (unpaired) electrons. The minimum atomic E-state index is -0.330. The lowest BCUT2D eigenvalue weighted by atomic mass is 10.1. The lowest BCUT2D eigenvalue weighted by Gasteiger charge is -2.07. The first-order valence-electron chi connectivity index (χ1n) is 8.45. The average molecular weight is 381 g/mol. The number of thiazole rings is 1. The van der Waals surface area contributed by atoms with E-state index >= 15 is 0 Å². The summed E-state index contributed by atoms with van der Waals surface area (Å²) in [5.41, 5.74) is 1.01. The Bertz CT molecular complexity index is 667. The highest BCUT2D eigenvalue weighted by Crippen LogP contribution is 2.29. The van der Waals surface area contributed by atoms with Crippen molar-refractivity contribution in [1.82, 2.24) is 10.3 Å². The van der Waals surface area contributed by atoms with Gasteiger partial charge in [0.15, 0.2) is 10.9 Å². The number of para-hydroxylation sites is 1. The Labute approximate surface area is 156 Å². The Hall–Kier alpha value is -1.60. The molecule has 0 atom stereocenters. The van der Waals surface area contributed by atoms with Crippen LogP contribution >= 0.6 is 23.1 Å². The second-order valence-electron chi connectivity index (χ2n) is 6.09. The first kappa shape index (κ1) is 19.7. The fraction of sp³-hybridized carbons (Fsp3) is 0.500. The fourth-order valence-electron chi connectivity index (χ4n) is 2.06.